The summed E-state index contributed by atoms with van der Waals surface area (Å²) in [5.74, 6) is -5.85. The number of benzene rings is 4. The number of carboxylic acids is 2. The van der Waals surface area contributed by atoms with Crippen LogP contribution in [-0.2, 0) is 43.2 Å². The molecule has 4 aromatic carbocycles. The Balaban J connectivity index is 0.000000207. The molecule has 31 nitrogen and oxygen atoms in total. The smallest absolute Gasteiger partial charge is 0.485 e. The third kappa shape index (κ3) is 23.5. The molecular weight excluding hydrogens is 1730 g/mol. The average Bonchev–Trinajstić information content (AvgIpc) is 1.63. The molecule has 38 heteroatoms. The maximum atomic E-state index is 13.3. The van der Waals surface area contributed by atoms with Crippen LogP contribution in [-0.4, -0.2) is 182 Å². The van der Waals surface area contributed by atoms with E-state index in [4.69, 9.17) is 58.3 Å². The number of rotatable bonds is 33. The van der Waals surface area contributed by atoms with Gasteiger partial charge in [0.25, 0.3) is 23.6 Å². The molecule has 0 saturated carbocycles. The average molecular weight is 1830 g/mol. The topological polar surface area (TPSA) is 436 Å². The van der Waals surface area contributed by atoms with E-state index in [-0.39, 0.29) is 110 Å². The number of aromatic nitrogens is 6. The van der Waals surface area contributed by atoms with Crippen LogP contribution in [0.25, 0.3) is 10.0 Å². The number of carbonyl (C=O) groups is 13. The number of fused-ring (bicyclic) bond motifs is 8. The van der Waals surface area contributed by atoms with Crippen LogP contribution in [0.1, 0.15) is 269 Å². The van der Waals surface area contributed by atoms with Gasteiger partial charge in [-0.15, -0.1) is 43.1 Å². The Hall–Kier alpha value is -11.9. The van der Waals surface area contributed by atoms with E-state index in [1.807, 2.05) is 71.5 Å². The van der Waals surface area contributed by atoms with E-state index in [1.54, 1.807) is 34.8 Å². The number of halogens is 5. The number of hydrogen-bond donors (Lipinski definition) is 6. The monoisotopic (exact) mass is 1830 g/mol. The van der Waals surface area contributed by atoms with Gasteiger partial charge in [-0.3, -0.25) is 97.1 Å². The van der Waals surface area contributed by atoms with Crippen molar-refractivity contribution in [1.82, 2.24) is 55.3 Å². The Bertz CT molecular complexity index is 5590. The molecule has 10 heterocycles. The molecule has 8 aromatic rings. The number of ether oxygens (including phenoxy) is 2. The number of thiophene rings is 2. The number of piperidine rings is 2. The lowest BCUT2D eigenvalue weighted by Gasteiger charge is -2.27. The summed E-state index contributed by atoms with van der Waals surface area (Å²) >= 11 is 15.6. The van der Waals surface area contributed by atoms with E-state index >= 15 is 0 Å². The molecule has 0 radical (unpaired) electrons. The Morgan fingerprint density at radius 3 is 1.28 bits per heavy atom. The third-order valence-electron chi connectivity index (χ3n) is 22.0. The van der Waals surface area contributed by atoms with Gasteiger partial charge in [0.1, 0.15) is 70.5 Å². The number of nitrogens with two attached hydrogens (primary N) is 1. The van der Waals surface area contributed by atoms with E-state index in [1.165, 1.54) is 34.0 Å². The van der Waals surface area contributed by atoms with Gasteiger partial charge in [0, 0.05) is 74.3 Å². The summed E-state index contributed by atoms with van der Waals surface area (Å²) in [7, 11) is 0. The lowest BCUT2D eigenvalue weighted by molar-refractivity contribution is -0.192. The lowest BCUT2D eigenvalue weighted by Crippen LogP contribution is -2.54. The highest BCUT2D eigenvalue weighted by Crippen LogP contribution is 2.43. The number of amides is 9. The van der Waals surface area contributed by atoms with Crippen molar-refractivity contribution in [3.63, 3.8) is 0 Å². The van der Waals surface area contributed by atoms with Crippen LogP contribution in [0.2, 0.25) is 10.0 Å². The normalized spacial score (nSPS) is 16.6. The van der Waals surface area contributed by atoms with Gasteiger partial charge >= 0.3 is 18.1 Å². The van der Waals surface area contributed by atoms with Crippen molar-refractivity contribution in [2.75, 3.05) is 26.3 Å². The maximum Gasteiger partial charge on any atom is 0.490 e. The number of alkyl halides is 3. The molecule has 4 aromatic heterocycles. The number of aryl methyl sites for hydroxylation is 4. The van der Waals surface area contributed by atoms with Gasteiger partial charge in [-0.2, -0.15) is 13.2 Å². The van der Waals surface area contributed by atoms with Crippen molar-refractivity contribution < 1.29 is 95.2 Å². The highest BCUT2D eigenvalue weighted by Gasteiger charge is 2.48. The van der Waals surface area contributed by atoms with Gasteiger partial charge in [0.15, 0.2) is 23.2 Å². The predicted octanol–water partition coefficient (Wildman–Crippen LogP) is 14.1. The van der Waals surface area contributed by atoms with Crippen LogP contribution < -0.4 is 31.2 Å². The molecule has 0 bridgehead atoms. The van der Waals surface area contributed by atoms with Gasteiger partial charge in [0.2, 0.25) is 29.5 Å². The Labute approximate surface area is 747 Å². The Morgan fingerprint density at radius 1 is 0.520 bits per heavy atom. The molecule has 4 atom stereocenters. The van der Waals surface area contributed by atoms with E-state index < -0.39 is 89.5 Å². The summed E-state index contributed by atoms with van der Waals surface area (Å²) in [6.07, 6.45) is 9.57. The van der Waals surface area contributed by atoms with E-state index in [2.05, 4.69) is 64.0 Å². The fourth-order valence-corrected chi connectivity index (χ4v) is 17.9. The first kappa shape index (κ1) is 97.3. The number of aliphatic imine (C=N–C) groups is 2. The maximum absolute atomic E-state index is 13.3. The highest BCUT2D eigenvalue weighted by atomic mass is 35.5. The van der Waals surface area contributed by atoms with E-state index in [9.17, 15) is 75.8 Å². The van der Waals surface area contributed by atoms with Crippen molar-refractivity contribution >= 4 is 134 Å². The predicted molar refractivity (Wildman–Crippen MR) is 467 cm³/mol. The zero-order valence-corrected chi connectivity index (χ0v) is 73.2. The number of carbonyl (C=O) groups excluding carboxylic acids is 11. The van der Waals surface area contributed by atoms with Crippen molar-refractivity contribution in [2.45, 2.75) is 221 Å². The van der Waals surface area contributed by atoms with Gasteiger partial charge in [-0.05, 0) is 146 Å². The van der Waals surface area contributed by atoms with Crippen LogP contribution in [0.4, 0.5) is 13.2 Å². The molecule has 14 rings (SSSR count). The van der Waals surface area contributed by atoms with Crippen LogP contribution in [0, 0.1) is 41.5 Å². The number of aliphatic carboxylic acids is 2. The number of nitrogens with one attached hydrogen (secondary N) is 3. The van der Waals surface area contributed by atoms with Crippen LogP contribution in [0.15, 0.2) is 94.9 Å². The van der Waals surface area contributed by atoms with Crippen molar-refractivity contribution in [1.29, 1.82) is 0 Å². The fourth-order valence-electron chi connectivity index (χ4n) is 15.3. The minimum atomic E-state index is -5.08. The van der Waals surface area contributed by atoms with Crippen molar-refractivity contribution in [2.24, 2.45) is 15.7 Å². The van der Waals surface area contributed by atoms with Gasteiger partial charge < -0.3 is 30.7 Å². The van der Waals surface area contributed by atoms with Crippen LogP contribution >= 0.6 is 45.9 Å². The SMILES string of the molecule is C.Cc1sc2c(c1C)C(c1ccc(Cl)cc1)=N[C@@H](CC(=O)NCCCCCCCCCC(=O)COc1cccc3c1C(=O)N(C1CCC(=O)NC1=O)C3=O)c1nnc(C)n1-2.Cc1sc2c(c1C)C(c1ccc(Cl)cc1)=N[C@@H](CC(=O)O)c1nnc(C)n1-2.NCCCCCCCCCC(=O)COc1cccc2c1C(=O)N(C1CCC(=O)NC1=O)C2=O.O=C(O)C(F)(F)F. The molecule has 2 saturated heterocycles. The molecule has 0 aliphatic carbocycles. The Morgan fingerprint density at radius 2 is 0.898 bits per heavy atom. The standard InChI is InChI=1S/C43H46ClN7O7S.C24H31N3O6.C19H17ClN4O2S.C2HF3O2.CH4/c1-24-25(2)59-43-36(24)38(27-15-17-28(44)18-16-27)46-31(39-49-48-26(3)50(39)43)22-35(54)45-21-10-8-6-4-5-7-9-12-29(52)23-58-33-14-11-13-30-37(33)42(57)51(41(30)56)32-19-20-34(53)47-40(32)55;25-14-7-5-3-1-2-4-6-9-16(28)15-33-19-11-8-10-17-21(19)24(32)27(23(17)31)18-12-13-20(29)26-22(18)30;1-9-10(2)27-19-16(9)17(12-4-6-13(20)7-5-12)21-14(8-15(25)26)18-23-22-11(3)24(18)19;3-2(4,5)1(6)7;/h11,13-18,31-32H,4-10,12,19-23H2,1-3H3,(H,45,54)(H,47,53,55);8,10-11,18H,1-7,9,12-15,25H2,(H,26,29,30);4-7,14H,8H2,1-3H3,(H,25,26);(H,6,7);1H4/t31-,32?;;14-;;/m0.0../s1. The summed E-state index contributed by atoms with van der Waals surface area (Å²) in [5.41, 5.74) is 13.5. The van der Waals surface area contributed by atoms with E-state index in [0.29, 0.717) is 47.5 Å². The summed E-state index contributed by atoms with van der Waals surface area (Å²) in [6.45, 7) is 13.0. The minimum Gasteiger partial charge on any atom is -0.485 e. The molecular formula is C89H99Cl2F3N14O17S2. The molecule has 7 N–H and O–H groups in total. The van der Waals surface area contributed by atoms with Gasteiger partial charge in [0.05, 0.1) is 46.5 Å². The number of Topliss-reactive ketones (excluding diaryl/α,β-unsaturated/α-hetero) is 2. The molecule has 674 valence electrons. The summed E-state index contributed by atoms with van der Waals surface area (Å²) in [5, 5.41) is 44.5. The van der Waals surface area contributed by atoms with Crippen LogP contribution in [0.3, 0.4) is 0 Å². The molecule has 6 aliphatic heterocycles. The molecule has 9 amide bonds. The molecule has 0 spiro atoms. The number of ketones is 2. The van der Waals surface area contributed by atoms with Crippen LogP contribution in [0.5, 0.6) is 11.5 Å². The highest BCUT2D eigenvalue weighted by molar-refractivity contribution is 7.15. The molecule has 2 unspecified atom stereocenters. The minimum absolute atomic E-state index is 0. The Kier molecular flexibility index (Phi) is 33.8. The lowest BCUT2D eigenvalue weighted by atomic mass is 9.99. The second kappa shape index (κ2) is 44.0. The first-order chi connectivity index (χ1) is 60.2. The number of carboxylic acid groups (broad SMARTS) is 2. The molecule has 2 fully saturated rings. The van der Waals surface area contributed by atoms with Crippen molar-refractivity contribution in [3.05, 3.63) is 184 Å². The largest absolute Gasteiger partial charge is 0.490 e. The first-order valence-corrected chi connectivity index (χ1v) is 43.8. The number of unbranched alkanes of at least 4 members (excludes halogenated alkanes) is 12. The second-order valence-corrected chi connectivity index (χ2v) is 34.2. The second-order valence-electron chi connectivity index (χ2n) is 30.9. The first-order valence-electron chi connectivity index (χ1n) is 41.4. The molecule has 127 heavy (non-hydrogen) atoms. The van der Waals surface area contributed by atoms with Gasteiger partial charge in [-0.1, -0.05) is 131 Å². The molecule has 6 aliphatic rings. The quantitative estimate of drug-likeness (QED) is 0.0164. The van der Waals surface area contributed by atoms with Crippen molar-refractivity contribution in [3.8, 4) is 21.5 Å². The number of hydrogen-bond acceptors (Lipinski definition) is 24. The van der Waals surface area contributed by atoms with Gasteiger partial charge in [-0.25, -0.2) is 4.79 Å². The zero-order chi connectivity index (χ0) is 91.0. The third-order valence-corrected chi connectivity index (χ3v) is 24.8. The fraction of sp³-hybridized carbons (Fsp3) is 0.427. The number of imide groups is 4. The number of nitrogens with zero attached hydrogens (tertiary/aromatic N) is 10. The summed E-state index contributed by atoms with van der Waals surface area (Å²) in [4.78, 5) is 172. The summed E-state index contributed by atoms with van der Waals surface area (Å²) < 4.78 is 47.1. The van der Waals surface area contributed by atoms with E-state index in [0.717, 1.165) is 166 Å². The zero-order valence-electron chi connectivity index (χ0n) is 70.1. The summed E-state index contributed by atoms with van der Waals surface area (Å²) in [6, 6.07) is 21.0.